The van der Waals surface area contributed by atoms with E-state index < -0.39 is 5.56 Å². The third-order valence-electron chi connectivity index (χ3n) is 4.38. The molecular weight excluding hydrogens is 416 g/mol. The van der Waals surface area contributed by atoms with Crippen LogP contribution in [-0.4, -0.2) is 15.8 Å². The minimum absolute atomic E-state index is 0.129. The summed E-state index contributed by atoms with van der Waals surface area (Å²) in [7, 11) is 0. The second-order valence-corrected chi connectivity index (χ2v) is 7.17. The van der Waals surface area contributed by atoms with Crippen LogP contribution < -0.4 is 5.56 Å². The number of H-pyrrole nitrogens is 1. The maximum absolute atomic E-state index is 13.0. The van der Waals surface area contributed by atoms with Gasteiger partial charge < -0.3 is 4.98 Å². The van der Waals surface area contributed by atoms with E-state index in [1.54, 1.807) is 18.5 Å². The third-order valence-corrected chi connectivity index (χ3v) is 4.82. The molecule has 0 atom stereocenters. The molecule has 4 rings (SSSR count). The average Bonchev–Trinajstić information content (AvgIpc) is 2.71. The summed E-state index contributed by atoms with van der Waals surface area (Å²) in [6, 6.07) is 18.8. The monoisotopic (exact) mass is 430 g/mol. The molecule has 0 amide bonds. The van der Waals surface area contributed by atoms with Crippen molar-refractivity contribution in [1.29, 1.82) is 0 Å². The smallest absolute Gasteiger partial charge is 0.260 e. The number of halogens is 1. The van der Waals surface area contributed by atoms with Gasteiger partial charge in [-0.1, -0.05) is 48.5 Å². The first kappa shape index (κ1) is 18.1. The number of rotatable bonds is 4. The van der Waals surface area contributed by atoms with Gasteiger partial charge in [0.25, 0.3) is 5.56 Å². The van der Waals surface area contributed by atoms with Gasteiger partial charge >= 0.3 is 0 Å². The first-order valence-corrected chi connectivity index (χ1v) is 9.46. The number of hydrogen-bond donors (Lipinski definition) is 1. The lowest BCUT2D eigenvalue weighted by molar-refractivity contribution is 0.104. The summed E-state index contributed by atoms with van der Waals surface area (Å²) in [4.78, 5) is 32.7. The van der Waals surface area contributed by atoms with E-state index in [-0.39, 0.29) is 11.3 Å². The molecular formula is C23H15BrN2O2. The van der Waals surface area contributed by atoms with Crippen molar-refractivity contribution in [3.63, 3.8) is 0 Å². The number of hydrogen-bond acceptors (Lipinski definition) is 3. The summed E-state index contributed by atoms with van der Waals surface area (Å²) in [6.45, 7) is 0. The fraction of sp³-hybridized carbons (Fsp3) is 0. The molecule has 0 aliphatic carbocycles. The Labute approximate surface area is 169 Å². The molecule has 0 saturated heterocycles. The summed E-state index contributed by atoms with van der Waals surface area (Å²) >= 11 is 3.36. The van der Waals surface area contributed by atoms with E-state index in [9.17, 15) is 9.59 Å². The van der Waals surface area contributed by atoms with E-state index in [0.717, 1.165) is 21.0 Å². The lowest BCUT2D eigenvalue weighted by Crippen LogP contribution is -2.18. The van der Waals surface area contributed by atoms with E-state index >= 15 is 0 Å². The standard InChI is InChI=1S/C23H15BrN2O2/c24-17-12-15(13-25-14-17)10-11-20(27)22-21(16-6-2-1-3-7-16)18-8-4-5-9-19(18)26-23(22)28/h1-14H,(H,26,28)/b11-10+. The molecule has 4 aromatic rings. The maximum Gasteiger partial charge on any atom is 0.260 e. The van der Waals surface area contributed by atoms with Crippen LogP contribution >= 0.6 is 15.9 Å². The fourth-order valence-corrected chi connectivity index (χ4v) is 3.54. The van der Waals surface area contributed by atoms with E-state index in [0.29, 0.717) is 11.1 Å². The zero-order chi connectivity index (χ0) is 19.5. The molecule has 2 aromatic carbocycles. The number of nitrogens with one attached hydrogen (secondary N) is 1. The Morgan fingerprint density at radius 3 is 2.54 bits per heavy atom. The van der Waals surface area contributed by atoms with Crippen LogP contribution in [0.4, 0.5) is 0 Å². The van der Waals surface area contributed by atoms with E-state index in [4.69, 9.17) is 0 Å². The molecule has 0 spiro atoms. The number of ketones is 1. The number of fused-ring (bicyclic) bond motifs is 1. The summed E-state index contributed by atoms with van der Waals surface area (Å²) in [6.07, 6.45) is 6.39. The molecule has 0 aliphatic rings. The fourth-order valence-electron chi connectivity index (χ4n) is 3.16. The highest BCUT2D eigenvalue weighted by atomic mass is 79.9. The van der Waals surface area contributed by atoms with Gasteiger partial charge in [0.15, 0.2) is 5.78 Å². The van der Waals surface area contributed by atoms with E-state index in [2.05, 4.69) is 25.9 Å². The molecule has 136 valence electrons. The minimum atomic E-state index is -0.403. The summed E-state index contributed by atoms with van der Waals surface area (Å²) in [5.74, 6) is -0.356. The number of pyridine rings is 2. The Morgan fingerprint density at radius 1 is 1.00 bits per heavy atom. The minimum Gasteiger partial charge on any atom is -0.321 e. The van der Waals surface area contributed by atoms with Crippen LogP contribution in [0.5, 0.6) is 0 Å². The second-order valence-electron chi connectivity index (χ2n) is 6.25. The van der Waals surface area contributed by atoms with Crippen molar-refractivity contribution in [2.75, 3.05) is 0 Å². The zero-order valence-corrected chi connectivity index (χ0v) is 16.3. The van der Waals surface area contributed by atoms with Crippen LogP contribution in [-0.2, 0) is 0 Å². The van der Waals surface area contributed by atoms with Crippen LogP contribution in [0.2, 0.25) is 0 Å². The van der Waals surface area contributed by atoms with Crippen LogP contribution in [0.25, 0.3) is 28.1 Å². The molecule has 2 aromatic heterocycles. The largest absolute Gasteiger partial charge is 0.321 e. The third kappa shape index (κ3) is 3.57. The van der Waals surface area contributed by atoms with Crippen molar-refractivity contribution in [2.24, 2.45) is 0 Å². The highest BCUT2D eigenvalue weighted by Gasteiger charge is 2.18. The molecule has 0 aliphatic heterocycles. The topological polar surface area (TPSA) is 62.8 Å². The first-order valence-electron chi connectivity index (χ1n) is 8.67. The number of carbonyl (C=O) groups is 1. The lowest BCUT2D eigenvalue weighted by Gasteiger charge is -2.11. The van der Waals surface area contributed by atoms with Crippen molar-refractivity contribution in [1.82, 2.24) is 9.97 Å². The molecule has 1 N–H and O–H groups in total. The van der Waals surface area contributed by atoms with E-state index in [1.807, 2.05) is 60.7 Å². The number of aromatic amines is 1. The summed E-state index contributed by atoms with van der Waals surface area (Å²) < 4.78 is 0.815. The van der Waals surface area contributed by atoms with E-state index in [1.165, 1.54) is 6.08 Å². The number of nitrogens with zero attached hydrogens (tertiary/aromatic N) is 1. The predicted octanol–water partition coefficient (Wildman–Crippen LogP) is 5.25. The van der Waals surface area contributed by atoms with Gasteiger partial charge in [0.1, 0.15) is 0 Å². The van der Waals surface area contributed by atoms with Crippen molar-refractivity contribution >= 4 is 38.7 Å². The maximum atomic E-state index is 13.0. The Balaban J connectivity index is 1.90. The van der Waals surface area contributed by atoms with Gasteiger partial charge in [-0.2, -0.15) is 0 Å². The van der Waals surface area contributed by atoms with Crippen molar-refractivity contribution < 1.29 is 4.79 Å². The van der Waals surface area contributed by atoms with Crippen LogP contribution in [0.1, 0.15) is 15.9 Å². The van der Waals surface area contributed by atoms with Gasteiger partial charge in [-0.05, 0) is 51.3 Å². The van der Waals surface area contributed by atoms with Crippen molar-refractivity contribution in [2.45, 2.75) is 0 Å². The summed E-state index contributed by atoms with van der Waals surface area (Å²) in [5, 5.41) is 0.828. The second kappa shape index (κ2) is 7.74. The van der Waals surface area contributed by atoms with Crippen molar-refractivity contribution in [3.05, 3.63) is 105 Å². The normalized spacial score (nSPS) is 11.2. The number of carbonyl (C=O) groups excluding carboxylic acids is 1. The first-order chi connectivity index (χ1) is 13.6. The molecule has 0 radical (unpaired) electrons. The molecule has 0 bridgehead atoms. The average molecular weight is 431 g/mol. The summed E-state index contributed by atoms with van der Waals surface area (Å²) in [5.41, 5.74) is 2.65. The van der Waals surface area contributed by atoms with Gasteiger partial charge in [0, 0.05) is 33.3 Å². The molecule has 28 heavy (non-hydrogen) atoms. The Morgan fingerprint density at radius 2 is 1.75 bits per heavy atom. The number of allylic oxidation sites excluding steroid dienone is 1. The molecule has 2 heterocycles. The molecule has 5 heteroatoms. The highest BCUT2D eigenvalue weighted by Crippen LogP contribution is 2.29. The quantitative estimate of drug-likeness (QED) is 0.355. The Bertz CT molecular complexity index is 1260. The Hall–Kier alpha value is -3.31. The number of aromatic nitrogens is 2. The SMILES string of the molecule is O=C(/C=C/c1cncc(Br)c1)c1c(-c2ccccc2)c2ccccc2[nH]c1=O. The molecule has 0 fully saturated rings. The van der Waals surface area contributed by atoms with Gasteiger partial charge in [-0.15, -0.1) is 0 Å². The zero-order valence-electron chi connectivity index (χ0n) is 14.7. The highest BCUT2D eigenvalue weighted by molar-refractivity contribution is 9.10. The number of benzene rings is 2. The Kier molecular flexibility index (Phi) is 5.00. The van der Waals surface area contributed by atoms with Crippen LogP contribution in [0.3, 0.4) is 0 Å². The molecule has 0 saturated carbocycles. The van der Waals surface area contributed by atoms with Gasteiger partial charge in [-0.25, -0.2) is 0 Å². The molecule has 0 unspecified atom stereocenters. The lowest BCUT2D eigenvalue weighted by atomic mass is 9.94. The van der Waals surface area contributed by atoms with Crippen LogP contribution in [0.15, 0.2) is 88.4 Å². The van der Waals surface area contributed by atoms with Crippen LogP contribution in [0, 0.1) is 0 Å². The number of para-hydroxylation sites is 1. The predicted molar refractivity (Wildman–Crippen MR) is 115 cm³/mol. The van der Waals surface area contributed by atoms with Crippen molar-refractivity contribution in [3.8, 4) is 11.1 Å². The van der Waals surface area contributed by atoms with Gasteiger partial charge in [-0.3, -0.25) is 14.6 Å². The van der Waals surface area contributed by atoms with Gasteiger partial charge in [0.2, 0.25) is 0 Å². The molecule has 4 nitrogen and oxygen atoms in total. The van der Waals surface area contributed by atoms with Gasteiger partial charge in [0.05, 0.1) is 5.56 Å².